The van der Waals surface area contributed by atoms with E-state index < -0.39 is 5.54 Å². The van der Waals surface area contributed by atoms with Crippen LogP contribution in [-0.2, 0) is 0 Å². The fraction of sp³-hybridized carbons (Fsp3) is 0.217. The topological polar surface area (TPSA) is 42.0 Å². The summed E-state index contributed by atoms with van der Waals surface area (Å²) >= 11 is 0. The average molecular weight is 342 g/mol. The van der Waals surface area contributed by atoms with E-state index in [0.29, 0.717) is 12.0 Å². The Morgan fingerprint density at radius 1 is 1.15 bits per heavy atom. The standard InChI is InChI=1S/C23H22N2O/c1-4-23(3,14-13-18-10-6-5-7-11-18)25-22(26)20-15-19-12-8-9-17(2)21(19)24-16-20/h5-12,15-16H,4H2,1-3H3,(H,25,26). The quantitative estimate of drug-likeness (QED) is 0.713. The van der Waals surface area contributed by atoms with Gasteiger partial charge in [-0.25, -0.2) is 0 Å². The van der Waals surface area contributed by atoms with Crippen molar-refractivity contribution in [2.75, 3.05) is 0 Å². The minimum absolute atomic E-state index is 0.160. The number of carbonyl (C=O) groups is 1. The molecule has 2 aromatic carbocycles. The van der Waals surface area contributed by atoms with E-state index in [-0.39, 0.29) is 5.91 Å². The number of para-hydroxylation sites is 1. The van der Waals surface area contributed by atoms with Gasteiger partial charge in [0.15, 0.2) is 0 Å². The van der Waals surface area contributed by atoms with Gasteiger partial charge in [0.25, 0.3) is 5.91 Å². The lowest BCUT2D eigenvalue weighted by Gasteiger charge is -2.23. The molecule has 0 aliphatic heterocycles. The molecule has 0 saturated heterocycles. The highest BCUT2D eigenvalue weighted by molar-refractivity contribution is 5.98. The van der Waals surface area contributed by atoms with Crippen LogP contribution in [0, 0.1) is 18.8 Å². The first-order valence-corrected chi connectivity index (χ1v) is 8.77. The van der Waals surface area contributed by atoms with Crippen LogP contribution in [0.1, 0.15) is 41.8 Å². The minimum atomic E-state index is -0.603. The zero-order valence-corrected chi connectivity index (χ0v) is 15.3. The van der Waals surface area contributed by atoms with E-state index in [1.54, 1.807) is 6.20 Å². The van der Waals surface area contributed by atoms with E-state index in [9.17, 15) is 4.79 Å². The van der Waals surface area contributed by atoms with E-state index in [0.717, 1.165) is 22.0 Å². The summed E-state index contributed by atoms with van der Waals surface area (Å²) in [6, 6.07) is 17.6. The number of amides is 1. The summed E-state index contributed by atoms with van der Waals surface area (Å²) in [5, 5.41) is 4.02. The lowest BCUT2D eigenvalue weighted by atomic mass is 9.98. The van der Waals surface area contributed by atoms with E-state index in [1.165, 1.54) is 0 Å². The maximum Gasteiger partial charge on any atom is 0.254 e. The molecule has 1 amide bonds. The number of benzene rings is 2. The van der Waals surface area contributed by atoms with Crippen LogP contribution in [0.2, 0.25) is 0 Å². The van der Waals surface area contributed by atoms with Crippen molar-refractivity contribution >= 4 is 16.8 Å². The highest BCUT2D eigenvalue weighted by Gasteiger charge is 2.22. The van der Waals surface area contributed by atoms with Gasteiger partial charge in [-0.05, 0) is 44.0 Å². The molecule has 0 saturated carbocycles. The summed E-state index contributed by atoms with van der Waals surface area (Å²) in [5.74, 6) is 6.20. The van der Waals surface area contributed by atoms with Crippen molar-refractivity contribution in [3.05, 3.63) is 77.5 Å². The molecule has 3 heteroatoms. The van der Waals surface area contributed by atoms with E-state index >= 15 is 0 Å². The van der Waals surface area contributed by atoms with Crippen LogP contribution in [0.5, 0.6) is 0 Å². The first-order chi connectivity index (χ1) is 12.5. The normalized spacial score (nSPS) is 12.7. The molecule has 0 aliphatic carbocycles. The number of hydrogen-bond acceptors (Lipinski definition) is 2. The zero-order chi connectivity index (χ0) is 18.6. The number of nitrogens with one attached hydrogen (secondary N) is 1. The molecule has 3 aromatic rings. The first-order valence-electron chi connectivity index (χ1n) is 8.77. The SMILES string of the molecule is CCC(C)(C#Cc1ccccc1)NC(=O)c1cnc2c(C)cccc2c1. The van der Waals surface area contributed by atoms with E-state index in [4.69, 9.17) is 0 Å². The minimum Gasteiger partial charge on any atom is -0.336 e. The molecular weight excluding hydrogens is 320 g/mol. The summed E-state index contributed by atoms with van der Waals surface area (Å²) < 4.78 is 0. The van der Waals surface area contributed by atoms with Gasteiger partial charge in [-0.1, -0.05) is 55.2 Å². The molecule has 0 bridgehead atoms. The van der Waals surface area contributed by atoms with E-state index in [2.05, 4.69) is 22.1 Å². The number of rotatable bonds is 3. The van der Waals surface area contributed by atoms with Gasteiger partial charge < -0.3 is 5.32 Å². The number of fused-ring (bicyclic) bond motifs is 1. The van der Waals surface area contributed by atoms with Gasteiger partial charge in [-0.2, -0.15) is 0 Å². The number of aryl methyl sites for hydroxylation is 1. The van der Waals surface area contributed by atoms with Gasteiger partial charge >= 0.3 is 0 Å². The van der Waals surface area contributed by atoms with Gasteiger partial charge in [0, 0.05) is 17.1 Å². The van der Waals surface area contributed by atoms with Crippen LogP contribution >= 0.6 is 0 Å². The Hall–Kier alpha value is -3.12. The molecule has 3 nitrogen and oxygen atoms in total. The third kappa shape index (κ3) is 3.92. The van der Waals surface area contributed by atoms with Gasteiger partial charge in [0.1, 0.15) is 0 Å². The van der Waals surface area contributed by atoms with Gasteiger partial charge in [0.05, 0.1) is 16.6 Å². The summed E-state index contributed by atoms with van der Waals surface area (Å²) in [6.45, 7) is 5.98. The van der Waals surface area contributed by atoms with Crippen molar-refractivity contribution in [1.29, 1.82) is 0 Å². The lowest BCUT2D eigenvalue weighted by Crippen LogP contribution is -2.44. The number of aromatic nitrogens is 1. The predicted octanol–water partition coefficient (Wildman–Crippen LogP) is 4.49. The monoisotopic (exact) mass is 342 g/mol. The number of carbonyl (C=O) groups excluding carboxylic acids is 1. The van der Waals surface area contributed by atoms with Gasteiger partial charge in [-0.15, -0.1) is 0 Å². The number of pyridine rings is 1. The summed E-state index contributed by atoms with van der Waals surface area (Å²) in [4.78, 5) is 17.2. The maximum absolute atomic E-state index is 12.7. The van der Waals surface area contributed by atoms with Crippen LogP contribution in [-0.4, -0.2) is 16.4 Å². The number of hydrogen-bond donors (Lipinski definition) is 1. The third-order valence-electron chi connectivity index (χ3n) is 4.53. The van der Waals surface area contributed by atoms with Crippen LogP contribution in [0.4, 0.5) is 0 Å². The molecular formula is C23H22N2O. The average Bonchev–Trinajstić information content (AvgIpc) is 2.67. The van der Waals surface area contributed by atoms with Crippen molar-refractivity contribution in [2.24, 2.45) is 0 Å². The fourth-order valence-corrected chi connectivity index (χ4v) is 2.70. The first kappa shape index (κ1) is 17.7. The Morgan fingerprint density at radius 3 is 2.65 bits per heavy atom. The predicted molar refractivity (Wildman–Crippen MR) is 106 cm³/mol. The van der Waals surface area contributed by atoms with Crippen LogP contribution < -0.4 is 5.32 Å². The molecule has 1 N–H and O–H groups in total. The van der Waals surface area contributed by atoms with Crippen molar-refractivity contribution in [1.82, 2.24) is 10.3 Å². The van der Waals surface area contributed by atoms with Crippen molar-refractivity contribution in [3.63, 3.8) is 0 Å². The van der Waals surface area contributed by atoms with Crippen LogP contribution in [0.15, 0.2) is 60.8 Å². The van der Waals surface area contributed by atoms with Crippen molar-refractivity contribution < 1.29 is 4.79 Å². The van der Waals surface area contributed by atoms with Gasteiger partial charge in [0.2, 0.25) is 0 Å². The highest BCUT2D eigenvalue weighted by Crippen LogP contribution is 2.18. The molecule has 1 unspecified atom stereocenters. The Bertz CT molecular complexity index is 999. The summed E-state index contributed by atoms with van der Waals surface area (Å²) in [6.07, 6.45) is 2.34. The molecule has 26 heavy (non-hydrogen) atoms. The second kappa shape index (κ2) is 7.41. The number of nitrogens with zero attached hydrogens (tertiary/aromatic N) is 1. The Labute approximate surface area is 154 Å². The molecule has 1 aromatic heterocycles. The second-order valence-electron chi connectivity index (χ2n) is 6.63. The van der Waals surface area contributed by atoms with E-state index in [1.807, 2.05) is 75.4 Å². The Balaban J connectivity index is 1.84. The summed E-state index contributed by atoms with van der Waals surface area (Å²) in [7, 11) is 0. The van der Waals surface area contributed by atoms with Crippen LogP contribution in [0.3, 0.4) is 0 Å². The molecule has 0 fully saturated rings. The molecule has 0 aliphatic rings. The fourth-order valence-electron chi connectivity index (χ4n) is 2.70. The molecule has 1 heterocycles. The second-order valence-corrected chi connectivity index (χ2v) is 6.63. The molecule has 0 spiro atoms. The lowest BCUT2D eigenvalue weighted by molar-refractivity contribution is 0.0923. The zero-order valence-electron chi connectivity index (χ0n) is 15.3. The Morgan fingerprint density at radius 2 is 1.92 bits per heavy atom. The molecule has 3 rings (SSSR count). The molecule has 1 atom stereocenters. The summed E-state index contributed by atoms with van der Waals surface area (Å²) in [5.41, 5.74) is 2.90. The highest BCUT2D eigenvalue weighted by atomic mass is 16.1. The molecule has 0 radical (unpaired) electrons. The van der Waals surface area contributed by atoms with Crippen molar-refractivity contribution in [2.45, 2.75) is 32.7 Å². The van der Waals surface area contributed by atoms with Crippen LogP contribution in [0.25, 0.3) is 10.9 Å². The third-order valence-corrected chi connectivity index (χ3v) is 4.53. The van der Waals surface area contributed by atoms with Crippen molar-refractivity contribution in [3.8, 4) is 11.8 Å². The Kier molecular flexibility index (Phi) is 5.04. The largest absolute Gasteiger partial charge is 0.336 e. The smallest absolute Gasteiger partial charge is 0.254 e. The molecule has 130 valence electrons. The maximum atomic E-state index is 12.7. The van der Waals surface area contributed by atoms with Gasteiger partial charge in [-0.3, -0.25) is 9.78 Å².